The molecule has 2 aromatic heterocycles. The molecule has 0 N–H and O–H groups in total. The summed E-state index contributed by atoms with van der Waals surface area (Å²) in [5.74, 6) is -0.441. The molecular weight excluding hydrogens is 327 g/mol. The third-order valence-corrected chi connectivity index (χ3v) is 4.85. The Hall–Kier alpha value is -2.41. The van der Waals surface area contributed by atoms with Gasteiger partial charge in [0.2, 0.25) is 0 Å². The highest BCUT2D eigenvalue weighted by atomic mass is 19.1. The molecule has 0 unspecified atom stereocenters. The van der Waals surface area contributed by atoms with Gasteiger partial charge in [-0.15, -0.1) is 0 Å². The number of carbonyl (C=O) groups is 1. The molecule has 7 heteroatoms. The molecule has 1 saturated heterocycles. The van der Waals surface area contributed by atoms with Gasteiger partial charge in [-0.3, -0.25) is 4.79 Å². The number of amides is 1. The maximum atomic E-state index is 13.9. The van der Waals surface area contributed by atoms with Gasteiger partial charge in [0.1, 0.15) is 6.10 Å². The Morgan fingerprint density at radius 3 is 3.04 bits per heavy atom. The molecule has 2 bridgehead atoms. The Kier molecular flexibility index (Phi) is 4.17. The monoisotopic (exact) mass is 346 g/mol. The Morgan fingerprint density at radius 1 is 1.40 bits per heavy atom. The second kappa shape index (κ2) is 6.48. The molecule has 4 rings (SSSR count). The topological polar surface area (TPSA) is 64.8 Å². The number of halogens is 1. The van der Waals surface area contributed by atoms with Gasteiger partial charge >= 0.3 is 0 Å². The number of fused-ring (bicyclic) bond motifs is 2. The predicted molar refractivity (Wildman–Crippen MR) is 85.9 cm³/mol. The van der Waals surface area contributed by atoms with Gasteiger partial charge in [0.25, 0.3) is 11.8 Å². The number of hydrogen-bond donors (Lipinski definition) is 0. The molecule has 3 heterocycles. The number of nitrogens with zero attached hydrogens (tertiary/aromatic N) is 2. The van der Waals surface area contributed by atoms with Crippen molar-refractivity contribution >= 4 is 5.91 Å². The Bertz CT molecular complexity index is 778. The lowest BCUT2D eigenvalue weighted by molar-refractivity contribution is 0.000275. The van der Waals surface area contributed by atoms with E-state index in [4.69, 9.17) is 13.9 Å². The van der Waals surface area contributed by atoms with Crippen molar-refractivity contribution < 1.29 is 23.1 Å². The first-order chi connectivity index (χ1) is 12.1. The molecule has 2 aliphatic rings. The van der Waals surface area contributed by atoms with Crippen LogP contribution in [0.25, 0.3) is 0 Å². The van der Waals surface area contributed by atoms with Gasteiger partial charge < -0.3 is 18.8 Å². The Morgan fingerprint density at radius 2 is 2.28 bits per heavy atom. The summed E-state index contributed by atoms with van der Waals surface area (Å²) in [6, 6.07) is 4.37. The zero-order valence-electron chi connectivity index (χ0n) is 13.9. The van der Waals surface area contributed by atoms with Crippen LogP contribution in [-0.2, 0) is 4.74 Å². The summed E-state index contributed by atoms with van der Waals surface area (Å²) < 4.78 is 31.0. The molecule has 0 radical (unpaired) electrons. The third-order valence-electron chi connectivity index (χ3n) is 4.85. The van der Waals surface area contributed by atoms with Crippen LogP contribution in [0.5, 0.6) is 5.88 Å². The van der Waals surface area contributed by atoms with E-state index in [1.54, 1.807) is 11.0 Å². The first-order valence-corrected chi connectivity index (χ1v) is 8.39. The fraction of sp³-hybridized carbons (Fsp3) is 0.444. The average Bonchev–Trinajstić information content (AvgIpc) is 3.13. The number of aryl methyl sites for hydroxylation is 1. The number of aromatic nitrogens is 1. The van der Waals surface area contributed by atoms with Crippen molar-refractivity contribution in [2.75, 3.05) is 13.2 Å². The molecule has 1 aliphatic heterocycles. The molecule has 1 aliphatic carbocycles. The highest BCUT2D eigenvalue weighted by Gasteiger charge is 2.46. The van der Waals surface area contributed by atoms with Crippen LogP contribution in [0.2, 0.25) is 0 Å². The molecule has 6 nitrogen and oxygen atoms in total. The zero-order chi connectivity index (χ0) is 17.4. The van der Waals surface area contributed by atoms with E-state index < -0.39 is 11.9 Å². The van der Waals surface area contributed by atoms with E-state index >= 15 is 0 Å². The van der Waals surface area contributed by atoms with Gasteiger partial charge in [-0.25, -0.2) is 9.37 Å². The molecule has 0 aromatic carbocycles. The molecule has 2 fully saturated rings. The second-order valence-corrected chi connectivity index (χ2v) is 6.36. The molecule has 1 amide bonds. The normalized spacial score (nSPS) is 25.7. The van der Waals surface area contributed by atoms with E-state index in [-0.39, 0.29) is 23.9 Å². The number of carbonyl (C=O) groups excluding carboxylic acids is 1. The number of ether oxygens (including phenoxy) is 2. The van der Waals surface area contributed by atoms with Gasteiger partial charge in [0.15, 0.2) is 11.6 Å². The summed E-state index contributed by atoms with van der Waals surface area (Å²) >= 11 is 0. The molecule has 1 saturated carbocycles. The second-order valence-electron chi connectivity index (χ2n) is 6.36. The number of furan rings is 1. The van der Waals surface area contributed by atoms with Crippen molar-refractivity contribution in [2.24, 2.45) is 0 Å². The largest absolute Gasteiger partial charge is 0.467 e. The zero-order valence-corrected chi connectivity index (χ0v) is 13.9. The minimum absolute atomic E-state index is 0.0588. The molecule has 3 atom stereocenters. The fourth-order valence-electron chi connectivity index (χ4n) is 3.61. The first kappa shape index (κ1) is 16.1. The molecular formula is C18H19FN2O4. The van der Waals surface area contributed by atoms with E-state index in [9.17, 15) is 9.18 Å². The van der Waals surface area contributed by atoms with Crippen molar-refractivity contribution in [1.82, 2.24) is 9.88 Å². The summed E-state index contributed by atoms with van der Waals surface area (Å²) in [7, 11) is 0. The predicted octanol–water partition coefficient (Wildman–Crippen LogP) is 2.57. The highest BCUT2D eigenvalue weighted by Crippen LogP contribution is 2.34. The van der Waals surface area contributed by atoms with E-state index in [1.807, 2.05) is 6.92 Å². The van der Waals surface area contributed by atoms with E-state index in [0.717, 1.165) is 18.4 Å². The van der Waals surface area contributed by atoms with Gasteiger partial charge in [0.05, 0.1) is 25.0 Å². The Balaban J connectivity index is 1.61. The lowest BCUT2D eigenvalue weighted by Crippen LogP contribution is -2.47. The minimum Gasteiger partial charge on any atom is -0.467 e. The molecule has 25 heavy (non-hydrogen) atoms. The van der Waals surface area contributed by atoms with Crippen LogP contribution < -0.4 is 4.74 Å². The summed E-state index contributed by atoms with van der Waals surface area (Å²) in [5, 5.41) is 0. The van der Waals surface area contributed by atoms with Crippen molar-refractivity contribution in [3.8, 4) is 5.88 Å². The van der Waals surface area contributed by atoms with Crippen molar-refractivity contribution in [1.29, 1.82) is 0 Å². The number of hydrogen-bond acceptors (Lipinski definition) is 5. The SMILES string of the molecule is Cc1ccoc1C(=O)N1CCO[C@H]2CC[C@H]1[C@@H]2Oc1ncccc1F. The van der Waals surface area contributed by atoms with Crippen LogP contribution in [-0.4, -0.2) is 47.2 Å². The van der Waals surface area contributed by atoms with Crippen molar-refractivity contribution in [2.45, 2.75) is 38.0 Å². The third kappa shape index (κ3) is 2.89. The average molecular weight is 346 g/mol. The minimum atomic E-state index is -0.522. The lowest BCUT2D eigenvalue weighted by atomic mass is 10.1. The highest BCUT2D eigenvalue weighted by molar-refractivity contribution is 5.93. The van der Waals surface area contributed by atoms with E-state index in [0.29, 0.717) is 18.9 Å². The molecule has 0 spiro atoms. The standard InChI is InChI=1S/C18H19FN2O4/c1-11-6-9-24-15(11)18(22)21-8-10-23-14-5-4-13(21)16(14)25-17-12(19)3-2-7-20-17/h2-3,6-7,9,13-14,16H,4-5,8,10H2,1H3/t13-,14-,16-/m0/s1. The van der Waals surface area contributed by atoms with E-state index in [1.165, 1.54) is 24.6 Å². The quantitative estimate of drug-likeness (QED) is 0.855. The first-order valence-electron chi connectivity index (χ1n) is 8.39. The maximum Gasteiger partial charge on any atom is 0.290 e. The van der Waals surface area contributed by atoms with Gasteiger partial charge in [-0.1, -0.05) is 0 Å². The van der Waals surface area contributed by atoms with Crippen LogP contribution in [0.15, 0.2) is 35.1 Å². The van der Waals surface area contributed by atoms with E-state index in [2.05, 4.69) is 4.98 Å². The molecule has 132 valence electrons. The van der Waals surface area contributed by atoms with Crippen LogP contribution in [0.1, 0.15) is 29.0 Å². The summed E-state index contributed by atoms with van der Waals surface area (Å²) in [5.41, 5.74) is 0.790. The van der Waals surface area contributed by atoms with Crippen LogP contribution in [0, 0.1) is 12.7 Å². The van der Waals surface area contributed by atoms with Crippen molar-refractivity contribution in [3.05, 3.63) is 47.8 Å². The number of rotatable bonds is 3. The van der Waals surface area contributed by atoms with Crippen LogP contribution in [0.4, 0.5) is 4.39 Å². The summed E-state index contributed by atoms with van der Waals surface area (Å²) in [6.07, 6.45) is 3.84. The summed E-state index contributed by atoms with van der Waals surface area (Å²) in [6.45, 7) is 2.70. The van der Waals surface area contributed by atoms with Crippen LogP contribution >= 0.6 is 0 Å². The maximum absolute atomic E-state index is 13.9. The van der Waals surface area contributed by atoms with Gasteiger partial charge in [-0.05, 0) is 38.0 Å². The van der Waals surface area contributed by atoms with Gasteiger partial charge in [-0.2, -0.15) is 0 Å². The van der Waals surface area contributed by atoms with Crippen molar-refractivity contribution in [3.63, 3.8) is 0 Å². The van der Waals surface area contributed by atoms with Crippen LogP contribution in [0.3, 0.4) is 0 Å². The summed E-state index contributed by atoms with van der Waals surface area (Å²) in [4.78, 5) is 18.6. The molecule has 2 aromatic rings. The fourth-order valence-corrected chi connectivity index (χ4v) is 3.61. The van der Waals surface area contributed by atoms with Gasteiger partial charge in [0, 0.05) is 18.3 Å². The smallest absolute Gasteiger partial charge is 0.290 e. The lowest BCUT2D eigenvalue weighted by Gasteiger charge is -2.30. The Labute approximate surface area is 144 Å². The number of pyridine rings is 1.